The predicted octanol–water partition coefficient (Wildman–Crippen LogP) is 4.85. The minimum absolute atomic E-state index is 0.421. The summed E-state index contributed by atoms with van der Waals surface area (Å²) in [5, 5.41) is 3.29. The van der Waals surface area contributed by atoms with Crippen molar-refractivity contribution < 1.29 is 0 Å². The summed E-state index contributed by atoms with van der Waals surface area (Å²) in [4.78, 5) is 7.17. The van der Waals surface area contributed by atoms with E-state index in [0.29, 0.717) is 11.9 Å². The lowest BCUT2D eigenvalue weighted by molar-refractivity contribution is 0.204. The van der Waals surface area contributed by atoms with E-state index in [4.69, 9.17) is 11.6 Å². The van der Waals surface area contributed by atoms with E-state index in [-0.39, 0.29) is 0 Å². The second-order valence-corrected chi connectivity index (χ2v) is 5.89. The average molecular weight is 289 g/mol. The summed E-state index contributed by atoms with van der Waals surface area (Å²) in [5.41, 5.74) is 1.01. The highest BCUT2D eigenvalue weighted by Gasteiger charge is 2.17. The quantitative estimate of drug-likeness (QED) is 0.604. The zero-order valence-corrected chi connectivity index (χ0v) is 13.4. The molecule has 0 amide bonds. The first-order valence-corrected chi connectivity index (χ1v) is 8.38. The molecular weight excluding hydrogens is 264 g/mol. The molecule has 0 aromatic carbocycles. The number of alkyl halides is 1. The number of aromatic nitrogens is 1. The summed E-state index contributed by atoms with van der Waals surface area (Å²) in [6.45, 7) is 9.11. The highest BCUT2D eigenvalue weighted by Crippen LogP contribution is 2.25. The Labute approximate surface area is 120 Å². The maximum atomic E-state index is 5.82. The minimum Gasteiger partial charge on any atom is -0.294 e. The standard InChI is InChI=1S/C14H25ClN2S/c1-4-6-8-17(9-7-5-2)12(3)14-16-13(10-15)11-18-14/h11-12H,4-10H2,1-3H3. The van der Waals surface area contributed by atoms with E-state index in [2.05, 4.69) is 36.0 Å². The smallest absolute Gasteiger partial charge is 0.110 e. The van der Waals surface area contributed by atoms with Crippen molar-refractivity contribution in [2.24, 2.45) is 0 Å². The van der Waals surface area contributed by atoms with Crippen LogP contribution in [0.15, 0.2) is 5.38 Å². The van der Waals surface area contributed by atoms with Crippen molar-refractivity contribution in [3.63, 3.8) is 0 Å². The van der Waals surface area contributed by atoms with Crippen LogP contribution in [0, 0.1) is 0 Å². The van der Waals surface area contributed by atoms with Gasteiger partial charge < -0.3 is 0 Å². The Morgan fingerprint density at radius 1 is 1.28 bits per heavy atom. The summed E-state index contributed by atoms with van der Waals surface area (Å²) < 4.78 is 0. The number of halogens is 1. The largest absolute Gasteiger partial charge is 0.294 e. The van der Waals surface area contributed by atoms with E-state index < -0.39 is 0 Å². The predicted molar refractivity (Wildman–Crippen MR) is 81.5 cm³/mol. The van der Waals surface area contributed by atoms with E-state index in [0.717, 1.165) is 5.69 Å². The van der Waals surface area contributed by atoms with Crippen LogP contribution in [0.4, 0.5) is 0 Å². The number of hydrogen-bond donors (Lipinski definition) is 0. The molecular formula is C14H25ClN2S. The van der Waals surface area contributed by atoms with E-state index in [1.54, 1.807) is 11.3 Å². The summed E-state index contributed by atoms with van der Waals surface area (Å²) in [6, 6.07) is 0.421. The fraction of sp³-hybridized carbons (Fsp3) is 0.786. The van der Waals surface area contributed by atoms with Crippen LogP contribution in [0.2, 0.25) is 0 Å². The van der Waals surface area contributed by atoms with Crippen LogP contribution in [-0.4, -0.2) is 23.0 Å². The molecule has 0 aliphatic carbocycles. The molecule has 0 saturated heterocycles. The first-order valence-electron chi connectivity index (χ1n) is 6.97. The van der Waals surface area contributed by atoms with Gasteiger partial charge in [-0.25, -0.2) is 4.98 Å². The Morgan fingerprint density at radius 3 is 2.33 bits per heavy atom. The molecule has 0 N–H and O–H groups in total. The van der Waals surface area contributed by atoms with Crippen molar-refractivity contribution >= 4 is 22.9 Å². The van der Waals surface area contributed by atoms with Crippen LogP contribution in [-0.2, 0) is 5.88 Å². The van der Waals surface area contributed by atoms with Gasteiger partial charge in [-0.1, -0.05) is 26.7 Å². The van der Waals surface area contributed by atoms with Crippen molar-refractivity contribution in [2.45, 2.75) is 58.4 Å². The van der Waals surface area contributed by atoms with Crippen molar-refractivity contribution in [1.82, 2.24) is 9.88 Å². The lowest BCUT2D eigenvalue weighted by Crippen LogP contribution is -2.29. The van der Waals surface area contributed by atoms with Gasteiger partial charge >= 0.3 is 0 Å². The third kappa shape index (κ3) is 4.87. The van der Waals surface area contributed by atoms with Crippen LogP contribution in [0.1, 0.15) is 63.2 Å². The van der Waals surface area contributed by atoms with Gasteiger partial charge in [0.2, 0.25) is 0 Å². The molecule has 0 spiro atoms. The molecule has 18 heavy (non-hydrogen) atoms. The lowest BCUT2D eigenvalue weighted by atomic mass is 10.2. The number of hydrogen-bond acceptors (Lipinski definition) is 3. The van der Waals surface area contributed by atoms with Crippen molar-refractivity contribution in [3.8, 4) is 0 Å². The van der Waals surface area contributed by atoms with Gasteiger partial charge in [-0.2, -0.15) is 0 Å². The number of thiazole rings is 1. The SMILES string of the molecule is CCCCN(CCCC)C(C)c1nc(CCl)cs1. The summed E-state index contributed by atoms with van der Waals surface area (Å²) in [6.07, 6.45) is 5.03. The van der Waals surface area contributed by atoms with Gasteiger partial charge in [0, 0.05) is 5.38 Å². The highest BCUT2D eigenvalue weighted by atomic mass is 35.5. The number of nitrogens with zero attached hydrogens (tertiary/aromatic N) is 2. The Hall–Kier alpha value is -0.120. The Kier molecular flexibility index (Phi) is 7.87. The zero-order chi connectivity index (χ0) is 13.4. The zero-order valence-electron chi connectivity index (χ0n) is 11.8. The van der Waals surface area contributed by atoms with Crippen LogP contribution >= 0.6 is 22.9 Å². The van der Waals surface area contributed by atoms with Crippen LogP contribution in [0.3, 0.4) is 0 Å². The molecule has 1 aromatic rings. The average Bonchev–Trinajstić information content (AvgIpc) is 2.87. The molecule has 1 rings (SSSR count). The molecule has 0 aliphatic heterocycles. The molecule has 0 radical (unpaired) electrons. The van der Waals surface area contributed by atoms with Gasteiger partial charge in [-0.05, 0) is 32.9 Å². The Morgan fingerprint density at radius 2 is 1.89 bits per heavy atom. The second-order valence-electron chi connectivity index (χ2n) is 4.73. The van der Waals surface area contributed by atoms with Gasteiger partial charge in [0.1, 0.15) is 5.01 Å². The number of rotatable bonds is 9. The monoisotopic (exact) mass is 288 g/mol. The maximum absolute atomic E-state index is 5.82. The number of unbranched alkanes of at least 4 members (excludes halogenated alkanes) is 2. The molecule has 4 heteroatoms. The molecule has 0 aliphatic rings. The lowest BCUT2D eigenvalue weighted by Gasteiger charge is -2.27. The molecule has 1 heterocycles. The van der Waals surface area contributed by atoms with Gasteiger partial charge in [-0.3, -0.25) is 4.90 Å². The van der Waals surface area contributed by atoms with E-state index in [1.807, 2.05) is 0 Å². The highest BCUT2D eigenvalue weighted by molar-refractivity contribution is 7.09. The van der Waals surface area contributed by atoms with Crippen molar-refractivity contribution in [1.29, 1.82) is 0 Å². The van der Waals surface area contributed by atoms with Crippen LogP contribution < -0.4 is 0 Å². The first-order chi connectivity index (χ1) is 8.72. The first kappa shape index (κ1) is 15.9. The van der Waals surface area contributed by atoms with Gasteiger partial charge in [0.05, 0.1) is 17.6 Å². The molecule has 1 atom stereocenters. The Balaban J connectivity index is 2.63. The maximum Gasteiger partial charge on any atom is 0.110 e. The molecule has 0 saturated carbocycles. The second kappa shape index (κ2) is 8.89. The minimum atomic E-state index is 0.421. The molecule has 0 fully saturated rings. The fourth-order valence-corrected chi connectivity index (χ4v) is 3.09. The van der Waals surface area contributed by atoms with Crippen molar-refractivity contribution in [2.75, 3.05) is 13.1 Å². The normalized spacial score (nSPS) is 13.2. The van der Waals surface area contributed by atoms with Gasteiger partial charge in [-0.15, -0.1) is 22.9 Å². The molecule has 2 nitrogen and oxygen atoms in total. The summed E-state index contributed by atoms with van der Waals surface area (Å²) in [7, 11) is 0. The van der Waals surface area contributed by atoms with E-state index in [1.165, 1.54) is 43.8 Å². The van der Waals surface area contributed by atoms with Crippen LogP contribution in [0.5, 0.6) is 0 Å². The third-order valence-electron chi connectivity index (χ3n) is 3.21. The Bertz CT molecular complexity index is 319. The van der Waals surface area contributed by atoms with Crippen molar-refractivity contribution in [3.05, 3.63) is 16.1 Å². The summed E-state index contributed by atoms with van der Waals surface area (Å²) in [5.74, 6) is 0.521. The molecule has 104 valence electrons. The molecule has 1 unspecified atom stereocenters. The van der Waals surface area contributed by atoms with Gasteiger partial charge in [0.25, 0.3) is 0 Å². The fourth-order valence-electron chi connectivity index (χ4n) is 1.95. The van der Waals surface area contributed by atoms with E-state index in [9.17, 15) is 0 Å². The third-order valence-corrected chi connectivity index (χ3v) is 4.55. The van der Waals surface area contributed by atoms with Crippen LogP contribution in [0.25, 0.3) is 0 Å². The van der Waals surface area contributed by atoms with Gasteiger partial charge in [0.15, 0.2) is 0 Å². The molecule has 0 bridgehead atoms. The summed E-state index contributed by atoms with van der Waals surface area (Å²) >= 11 is 7.56. The molecule has 1 aromatic heterocycles. The van der Waals surface area contributed by atoms with E-state index >= 15 is 0 Å². The topological polar surface area (TPSA) is 16.1 Å².